The molecule has 0 unspecified atom stereocenters. The largest absolute Gasteiger partial charge is 0.497 e. The molecule has 0 spiro atoms. The van der Waals surface area contributed by atoms with Crippen LogP contribution in [0.3, 0.4) is 0 Å². The van der Waals surface area contributed by atoms with Crippen LogP contribution in [0.15, 0.2) is 18.2 Å². The molecule has 0 heterocycles. The van der Waals surface area contributed by atoms with Crippen LogP contribution in [0.2, 0.25) is 0 Å². The normalized spacial score (nSPS) is 12.2. The summed E-state index contributed by atoms with van der Waals surface area (Å²) in [5.74, 6) is 1.36. The molecule has 0 amide bonds. The van der Waals surface area contributed by atoms with Crippen molar-refractivity contribution in [3.63, 3.8) is 0 Å². The van der Waals surface area contributed by atoms with Gasteiger partial charge in [0.05, 0.1) is 19.8 Å². The van der Waals surface area contributed by atoms with E-state index in [-0.39, 0.29) is 0 Å². The maximum Gasteiger partial charge on any atom is 0.128 e. The van der Waals surface area contributed by atoms with Crippen LogP contribution in [0.1, 0.15) is 38.4 Å². The van der Waals surface area contributed by atoms with E-state index in [4.69, 9.17) is 14.2 Å². The SMILES string of the molecule is CCCCOCCOc1cc(OC)ccc1[C@H](C)O. The summed E-state index contributed by atoms with van der Waals surface area (Å²) in [4.78, 5) is 0. The number of hydrogen-bond donors (Lipinski definition) is 1. The molecule has 0 aliphatic rings. The van der Waals surface area contributed by atoms with Gasteiger partial charge in [-0.2, -0.15) is 0 Å². The van der Waals surface area contributed by atoms with E-state index in [1.54, 1.807) is 20.1 Å². The Morgan fingerprint density at radius 3 is 2.63 bits per heavy atom. The molecule has 0 radical (unpaired) electrons. The molecule has 0 fully saturated rings. The molecule has 1 N–H and O–H groups in total. The fourth-order valence-electron chi connectivity index (χ4n) is 1.67. The van der Waals surface area contributed by atoms with Gasteiger partial charge in [-0.15, -0.1) is 0 Å². The van der Waals surface area contributed by atoms with Gasteiger partial charge in [0.25, 0.3) is 0 Å². The maximum atomic E-state index is 9.69. The Morgan fingerprint density at radius 2 is 2.00 bits per heavy atom. The zero-order chi connectivity index (χ0) is 14.1. The average molecular weight is 268 g/mol. The minimum atomic E-state index is -0.568. The second-order valence-corrected chi connectivity index (χ2v) is 4.39. The number of rotatable bonds is 9. The Morgan fingerprint density at radius 1 is 1.21 bits per heavy atom. The highest BCUT2D eigenvalue weighted by Crippen LogP contribution is 2.29. The molecule has 4 heteroatoms. The summed E-state index contributed by atoms with van der Waals surface area (Å²) in [5.41, 5.74) is 0.759. The standard InChI is InChI=1S/C15H24O4/c1-4-5-8-18-9-10-19-15-11-13(17-3)6-7-14(15)12(2)16/h6-7,11-12,16H,4-5,8-10H2,1-3H3/t12-/m0/s1. The number of benzene rings is 1. The van der Waals surface area contributed by atoms with Crippen LogP contribution in [-0.4, -0.2) is 32.0 Å². The minimum absolute atomic E-state index is 0.469. The van der Waals surface area contributed by atoms with Crippen molar-refractivity contribution in [3.8, 4) is 11.5 Å². The van der Waals surface area contributed by atoms with E-state index in [0.29, 0.717) is 24.7 Å². The molecule has 4 nitrogen and oxygen atoms in total. The van der Waals surface area contributed by atoms with E-state index in [1.165, 1.54) is 0 Å². The molecule has 1 rings (SSSR count). The van der Waals surface area contributed by atoms with Crippen molar-refractivity contribution in [1.82, 2.24) is 0 Å². The van der Waals surface area contributed by atoms with Crippen LogP contribution >= 0.6 is 0 Å². The molecule has 1 atom stereocenters. The molecule has 0 bridgehead atoms. The van der Waals surface area contributed by atoms with Crippen LogP contribution in [0.4, 0.5) is 0 Å². The van der Waals surface area contributed by atoms with Crippen LogP contribution in [0.25, 0.3) is 0 Å². The molecule has 19 heavy (non-hydrogen) atoms. The van der Waals surface area contributed by atoms with Crippen LogP contribution in [0, 0.1) is 0 Å². The van der Waals surface area contributed by atoms with Gasteiger partial charge in [0.1, 0.15) is 18.1 Å². The third-order valence-electron chi connectivity index (χ3n) is 2.80. The van der Waals surface area contributed by atoms with Gasteiger partial charge in [0, 0.05) is 18.2 Å². The fourth-order valence-corrected chi connectivity index (χ4v) is 1.67. The van der Waals surface area contributed by atoms with Gasteiger partial charge < -0.3 is 19.3 Å². The Labute approximate surface area is 115 Å². The van der Waals surface area contributed by atoms with Crippen molar-refractivity contribution in [2.45, 2.75) is 32.8 Å². The van der Waals surface area contributed by atoms with Gasteiger partial charge in [-0.05, 0) is 25.5 Å². The van der Waals surface area contributed by atoms with Gasteiger partial charge in [-0.25, -0.2) is 0 Å². The first kappa shape index (κ1) is 15.8. The highest BCUT2D eigenvalue weighted by Gasteiger charge is 2.10. The molecule has 0 saturated heterocycles. The first-order chi connectivity index (χ1) is 9.19. The summed E-state index contributed by atoms with van der Waals surface area (Å²) in [5, 5.41) is 9.69. The zero-order valence-corrected chi connectivity index (χ0v) is 12.0. The van der Waals surface area contributed by atoms with Crippen LogP contribution < -0.4 is 9.47 Å². The number of hydrogen-bond acceptors (Lipinski definition) is 4. The third kappa shape index (κ3) is 5.49. The zero-order valence-electron chi connectivity index (χ0n) is 12.0. The topological polar surface area (TPSA) is 47.9 Å². The smallest absolute Gasteiger partial charge is 0.128 e. The van der Waals surface area contributed by atoms with Gasteiger partial charge in [-0.1, -0.05) is 13.3 Å². The van der Waals surface area contributed by atoms with E-state index in [0.717, 1.165) is 25.0 Å². The lowest BCUT2D eigenvalue weighted by atomic mass is 10.1. The molecule has 0 aliphatic carbocycles. The summed E-state index contributed by atoms with van der Waals surface area (Å²) in [6.45, 7) is 5.63. The van der Waals surface area contributed by atoms with Crippen molar-refractivity contribution in [2.75, 3.05) is 26.9 Å². The second kappa shape index (κ2) is 8.77. The van der Waals surface area contributed by atoms with E-state index in [1.807, 2.05) is 12.1 Å². The summed E-state index contributed by atoms with van der Waals surface area (Å²) in [7, 11) is 1.61. The number of methoxy groups -OCH3 is 1. The minimum Gasteiger partial charge on any atom is -0.497 e. The molecule has 0 saturated carbocycles. The van der Waals surface area contributed by atoms with Crippen LogP contribution in [0.5, 0.6) is 11.5 Å². The van der Waals surface area contributed by atoms with E-state index in [9.17, 15) is 5.11 Å². The Bertz CT molecular complexity index is 363. The lowest BCUT2D eigenvalue weighted by Gasteiger charge is -2.14. The Hall–Kier alpha value is -1.26. The predicted octanol–water partition coefficient (Wildman–Crippen LogP) is 2.94. The highest BCUT2D eigenvalue weighted by atomic mass is 16.5. The molecule has 1 aromatic carbocycles. The lowest BCUT2D eigenvalue weighted by molar-refractivity contribution is 0.0961. The lowest BCUT2D eigenvalue weighted by Crippen LogP contribution is -2.09. The highest BCUT2D eigenvalue weighted by molar-refractivity contribution is 5.41. The molecular formula is C15H24O4. The van der Waals surface area contributed by atoms with Crippen molar-refractivity contribution in [2.24, 2.45) is 0 Å². The quantitative estimate of drug-likeness (QED) is 0.699. The molecular weight excluding hydrogens is 244 g/mol. The predicted molar refractivity (Wildman–Crippen MR) is 74.8 cm³/mol. The maximum absolute atomic E-state index is 9.69. The van der Waals surface area contributed by atoms with Crippen molar-refractivity contribution in [1.29, 1.82) is 0 Å². The van der Waals surface area contributed by atoms with E-state index < -0.39 is 6.10 Å². The average Bonchev–Trinajstić information content (AvgIpc) is 2.42. The monoisotopic (exact) mass is 268 g/mol. The van der Waals surface area contributed by atoms with Gasteiger partial charge in [0.2, 0.25) is 0 Å². The Balaban J connectivity index is 2.50. The fraction of sp³-hybridized carbons (Fsp3) is 0.600. The summed E-state index contributed by atoms with van der Waals surface area (Å²) in [6.07, 6.45) is 1.63. The number of aliphatic hydroxyl groups is 1. The molecule has 1 aromatic rings. The van der Waals surface area contributed by atoms with Crippen molar-refractivity contribution in [3.05, 3.63) is 23.8 Å². The first-order valence-electron chi connectivity index (χ1n) is 6.75. The summed E-state index contributed by atoms with van der Waals surface area (Å²) >= 11 is 0. The Kier molecular flexibility index (Phi) is 7.30. The van der Waals surface area contributed by atoms with Crippen LogP contribution in [-0.2, 0) is 4.74 Å². The second-order valence-electron chi connectivity index (χ2n) is 4.39. The number of aliphatic hydroxyl groups excluding tert-OH is 1. The summed E-state index contributed by atoms with van der Waals surface area (Å²) < 4.78 is 16.2. The van der Waals surface area contributed by atoms with Gasteiger partial charge in [0.15, 0.2) is 0 Å². The van der Waals surface area contributed by atoms with Gasteiger partial charge in [-0.3, -0.25) is 0 Å². The van der Waals surface area contributed by atoms with Gasteiger partial charge >= 0.3 is 0 Å². The number of ether oxygens (including phenoxy) is 3. The number of unbranched alkanes of at least 4 members (excludes halogenated alkanes) is 1. The molecule has 108 valence electrons. The van der Waals surface area contributed by atoms with Crippen molar-refractivity contribution >= 4 is 0 Å². The first-order valence-corrected chi connectivity index (χ1v) is 6.75. The summed E-state index contributed by atoms with van der Waals surface area (Å²) in [6, 6.07) is 5.41. The molecule has 0 aromatic heterocycles. The van der Waals surface area contributed by atoms with E-state index >= 15 is 0 Å². The van der Waals surface area contributed by atoms with Crippen molar-refractivity contribution < 1.29 is 19.3 Å². The van der Waals surface area contributed by atoms with E-state index in [2.05, 4.69) is 6.92 Å². The third-order valence-corrected chi connectivity index (χ3v) is 2.80. The molecule has 0 aliphatic heterocycles.